The zero-order chi connectivity index (χ0) is 20.8. The Morgan fingerprint density at radius 2 is 1.79 bits per heavy atom. The van der Waals surface area contributed by atoms with Crippen molar-refractivity contribution < 1.29 is 19.0 Å². The number of carbonyl (C=O) groups is 1. The molecule has 1 aliphatic rings. The number of amides is 1. The summed E-state index contributed by atoms with van der Waals surface area (Å²) >= 11 is 11.8. The zero-order valence-corrected chi connectivity index (χ0v) is 17.7. The normalized spacial score (nSPS) is 13.6. The first-order chi connectivity index (χ1) is 14.0. The molecule has 1 fully saturated rings. The summed E-state index contributed by atoms with van der Waals surface area (Å²) in [6.45, 7) is 2.70. The summed E-state index contributed by atoms with van der Waals surface area (Å²) in [5.74, 6) is 0.644. The fourth-order valence-electron chi connectivity index (χ4n) is 2.99. The highest BCUT2D eigenvalue weighted by atomic mass is 35.5. The number of benzene rings is 2. The van der Waals surface area contributed by atoms with E-state index >= 15 is 0 Å². The van der Waals surface area contributed by atoms with E-state index in [0.29, 0.717) is 41.0 Å². The summed E-state index contributed by atoms with van der Waals surface area (Å²) in [6, 6.07) is 10.4. The Morgan fingerprint density at radius 1 is 1.14 bits per heavy atom. The van der Waals surface area contributed by atoms with Crippen LogP contribution in [-0.4, -0.2) is 51.5 Å². The van der Waals surface area contributed by atoms with Crippen LogP contribution < -0.4 is 25.0 Å². The number of methoxy groups -OCH3 is 2. The summed E-state index contributed by atoms with van der Waals surface area (Å²) in [4.78, 5) is 14.8. The molecule has 0 spiro atoms. The Balaban J connectivity index is 1.74. The van der Waals surface area contributed by atoms with Crippen LogP contribution in [0.5, 0.6) is 11.5 Å². The maximum atomic E-state index is 12.6. The molecule has 9 heteroatoms. The van der Waals surface area contributed by atoms with Gasteiger partial charge >= 0.3 is 0 Å². The predicted molar refractivity (Wildman–Crippen MR) is 118 cm³/mol. The van der Waals surface area contributed by atoms with Gasteiger partial charge in [-0.25, -0.2) is 0 Å². The van der Waals surface area contributed by atoms with Gasteiger partial charge in [0, 0.05) is 24.7 Å². The van der Waals surface area contributed by atoms with E-state index in [2.05, 4.69) is 15.5 Å². The van der Waals surface area contributed by atoms with Crippen LogP contribution in [0.4, 0.5) is 11.4 Å². The van der Waals surface area contributed by atoms with Gasteiger partial charge in [-0.15, -0.1) is 0 Å². The van der Waals surface area contributed by atoms with Crippen LogP contribution in [0.2, 0.25) is 5.02 Å². The van der Waals surface area contributed by atoms with Gasteiger partial charge in [0.25, 0.3) is 5.91 Å². The van der Waals surface area contributed by atoms with Crippen molar-refractivity contribution in [2.75, 3.05) is 50.7 Å². The molecule has 0 atom stereocenters. The molecule has 0 aliphatic carbocycles. The molecule has 3 rings (SSSR count). The smallest absolute Gasteiger partial charge is 0.257 e. The van der Waals surface area contributed by atoms with Gasteiger partial charge in [0.15, 0.2) is 5.11 Å². The quantitative estimate of drug-likeness (QED) is 0.698. The number of morpholine rings is 1. The Bertz CT molecular complexity index is 881. The fourth-order valence-corrected chi connectivity index (χ4v) is 3.49. The van der Waals surface area contributed by atoms with Gasteiger partial charge in [0.1, 0.15) is 11.5 Å². The minimum atomic E-state index is -0.380. The van der Waals surface area contributed by atoms with Gasteiger partial charge < -0.3 is 24.4 Å². The molecule has 0 saturated carbocycles. The molecule has 0 aromatic heterocycles. The molecular weight excluding hydrogens is 414 g/mol. The fraction of sp³-hybridized carbons (Fsp3) is 0.300. The van der Waals surface area contributed by atoms with Crippen LogP contribution in [0.1, 0.15) is 10.4 Å². The highest BCUT2D eigenvalue weighted by molar-refractivity contribution is 7.80. The van der Waals surface area contributed by atoms with E-state index in [4.69, 9.17) is 38.0 Å². The van der Waals surface area contributed by atoms with Gasteiger partial charge in [0.05, 0.1) is 43.8 Å². The lowest BCUT2D eigenvalue weighted by Gasteiger charge is -2.31. The van der Waals surface area contributed by atoms with Crippen LogP contribution in [0.3, 0.4) is 0 Å². The SMILES string of the molecule is COc1cc(OC)cc(C(=O)NC(=S)Nc2cccc(Cl)c2N2CCOCC2)c1. The summed E-state index contributed by atoms with van der Waals surface area (Å²) in [5.41, 5.74) is 1.91. The second-order valence-electron chi connectivity index (χ2n) is 6.25. The Kier molecular flexibility index (Phi) is 7.13. The lowest BCUT2D eigenvalue weighted by atomic mass is 10.2. The molecule has 0 bridgehead atoms. The number of halogens is 1. The highest BCUT2D eigenvalue weighted by Crippen LogP contribution is 2.34. The lowest BCUT2D eigenvalue weighted by Crippen LogP contribution is -2.38. The summed E-state index contributed by atoms with van der Waals surface area (Å²) in [6.07, 6.45) is 0. The molecule has 1 amide bonds. The van der Waals surface area contributed by atoms with Crippen LogP contribution in [-0.2, 0) is 4.74 Å². The van der Waals surface area contributed by atoms with E-state index in [0.717, 1.165) is 18.8 Å². The number of rotatable bonds is 5. The molecule has 1 heterocycles. The Hall–Kier alpha value is -2.55. The third-order valence-corrected chi connectivity index (χ3v) is 4.91. The number of thiocarbonyl (C=S) groups is 1. The number of ether oxygens (including phenoxy) is 3. The largest absolute Gasteiger partial charge is 0.497 e. The van der Waals surface area contributed by atoms with Crippen LogP contribution in [0, 0.1) is 0 Å². The topological polar surface area (TPSA) is 72.1 Å². The average Bonchev–Trinajstić information content (AvgIpc) is 2.74. The van der Waals surface area contributed by atoms with E-state index in [1.54, 1.807) is 18.2 Å². The van der Waals surface area contributed by atoms with Crippen molar-refractivity contribution in [2.45, 2.75) is 0 Å². The minimum Gasteiger partial charge on any atom is -0.497 e. The number of hydrogen-bond acceptors (Lipinski definition) is 6. The number of nitrogens with zero attached hydrogens (tertiary/aromatic N) is 1. The van der Waals surface area contributed by atoms with E-state index in [1.807, 2.05) is 18.2 Å². The van der Waals surface area contributed by atoms with Crippen molar-refractivity contribution in [1.29, 1.82) is 0 Å². The van der Waals surface area contributed by atoms with Gasteiger partial charge in [0.2, 0.25) is 0 Å². The molecule has 2 aromatic carbocycles. The lowest BCUT2D eigenvalue weighted by molar-refractivity contribution is 0.0977. The van der Waals surface area contributed by atoms with Crippen molar-refractivity contribution in [1.82, 2.24) is 5.32 Å². The average molecular weight is 436 g/mol. The Morgan fingerprint density at radius 3 is 2.41 bits per heavy atom. The molecule has 2 aromatic rings. The van der Waals surface area contributed by atoms with Crippen molar-refractivity contribution in [3.8, 4) is 11.5 Å². The number of nitrogens with one attached hydrogen (secondary N) is 2. The van der Waals surface area contributed by atoms with Gasteiger partial charge in [-0.1, -0.05) is 17.7 Å². The molecule has 154 valence electrons. The van der Waals surface area contributed by atoms with E-state index in [1.165, 1.54) is 14.2 Å². The molecule has 2 N–H and O–H groups in total. The van der Waals surface area contributed by atoms with Crippen molar-refractivity contribution in [2.24, 2.45) is 0 Å². The monoisotopic (exact) mass is 435 g/mol. The molecule has 1 saturated heterocycles. The predicted octanol–water partition coefficient (Wildman–Crippen LogP) is 3.32. The molecule has 0 radical (unpaired) electrons. The third-order valence-electron chi connectivity index (χ3n) is 4.40. The second-order valence-corrected chi connectivity index (χ2v) is 7.06. The standard InChI is InChI=1S/C20H22ClN3O4S/c1-26-14-10-13(11-15(12-14)27-2)19(25)23-20(29)22-17-5-3-4-16(21)18(17)24-6-8-28-9-7-24/h3-5,10-12H,6-9H2,1-2H3,(H2,22,23,25,29). The summed E-state index contributed by atoms with van der Waals surface area (Å²) < 4.78 is 15.8. The molecule has 0 unspecified atom stereocenters. The van der Waals surface area contributed by atoms with Crippen LogP contribution in [0.25, 0.3) is 0 Å². The highest BCUT2D eigenvalue weighted by Gasteiger charge is 2.19. The maximum absolute atomic E-state index is 12.6. The van der Waals surface area contributed by atoms with Crippen LogP contribution in [0.15, 0.2) is 36.4 Å². The summed E-state index contributed by atoms with van der Waals surface area (Å²) in [5, 5.41) is 6.52. The zero-order valence-electron chi connectivity index (χ0n) is 16.2. The second kappa shape index (κ2) is 9.78. The number of carbonyl (C=O) groups excluding carboxylic acids is 1. The van der Waals surface area contributed by atoms with E-state index in [9.17, 15) is 4.79 Å². The molecule has 1 aliphatic heterocycles. The molecule has 29 heavy (non-hydrogen) atoms. The van der Waals surface area contributed by atoms with Crippen LogP contribution >= 0.6 is 23.8 Å². The minimum absolute atomic E-state index is 0.161. The van der Waals surface area contributed by atoms with E-state index in [-0.39, 0.29) is 11.0 Å². The number of anilines is 2. The van der Waals surface area contributed by atoms with Crippen molar-refractivity contribution in [3.63, 3.8) is 0 Å². The first-order valence-corrected chi connectivity index (χ1v) is 9.77. The summed E-state index contributed by atoms with van der Waals surface area (Å²) in [7, 11) is 3.05. The van der Waals surface area contributed by atoms with Crippen molar-refractivity contribution >= 4 is 46.2 Å². The maximum Gasteiger partial charge on any atom is 0.257 e. The van der Waals surface area contributed by atoms with E-state index < -0.39 is 0 Å². The van der Waals surface area contributed by atoms with Gasteiger partial charge in [-0.2, -0.15) is 0 Å². The first kappa shape index (κ1) is 21.2. The van der Waals surface area contributed by atoms with Gasteiger partial charge in [-0.3, -0.25) is 10.1 Å². The van der Waals surface area contributed by atoms with Crippen molar-refractivity contribution in [3.05, 3.63) is 47.0 Å². The van der Waals surface area contributed by atoms with Gasteiger partial charge in [-0.05, 0) is 36.5 Å². The molecular formula is C20H22ClN3O4S. The third kappa shape index (κ3) is 5.29. The number of hydrogen-bond donors (Lipinski definition) is 2. The molecule has 7 nitrogen and oxygen atoms in total. The Labute approximate surface area is 179 Å². The first-order valence-electron chi connectivity index (χ1n) is 8.98. The number of para-hydroxylation sites is 1.